The Kier molecular flexibility index (Phi) is 2.96. The van der Waals surface area contributed by atoms with E-state index in [1.807, 2.05) is 11.8 Å². The minimum Gasteiger partial charge on any atom is -0.384 e. The van der Waals surface area contributed by atoms with Crippen molar-refractivity contribution in [1.82, 2.24) is 0 Å². The van der Waals surface area contributed by atoms with Crippen molar-refractivity contribution in [3.63, 3.8) is 0 Å². The summed E-state index contributed by atoms with van der Waals surface area (Å²) < 4.78 is 0. The van der Waals surface area contributed by atoms with E-state index in [1.54, 1.807) is 0 Å². The lowest BCUT2D eigenvalue weighted by Crippen LogP contribution is -1.90. The van der Waals surface area contributed by atoms with E-state index in [0.717, 1.165) is 0 Å². The van der Waals surface area contributed by atoms with Crippen molar-refractivity contribution in [2.45, 2.75) is 18.1 Å². The highest BCUT2D eigenvalue weighted by molar-refractivity contribution is 8.00. The maximum absolute atomic E-state index is 8.34. The van der Waals surface area contributed by atoms with E-state index in [4.69, 9.17) is 5.11 Å². The molecule has 0 aromatic carbocycles. The van der Waals surface area contributed by atoms with E-state index in [2.05, 4.69) is 11.8 Å². The molecule has 1 aliphatic heterocycles. The van der Waals surface area contributed by atoms with Gasteiger partial charge in [-0.2, -0.15) is 0 Å². The Hall–Kier alpha value is -0.130. The Balaban J connectivity index is 2.26. The third kappa shape index (κ3) is 2.30. The Labute approximate surface area is 59.8 Å². The molecule has 0 radical (unpaired) electrons. The topological polar surface area (TPSA) is 20.2 Å². The Morgan fingerprint density at radius 3 is 3.11 bits per heavy atom. The third-order valence-corrected chi connectivity index (χ3v) is 2.55. The van der Waals surface area contributed by atoms with Crippen molar-refractivity contribution in [1.29, 1.82) is 0 Å². The second kappa shape index (κ2) is 3.81. The number of aliphatic hydroxyl groups is 1. The quantitative estimate of drug-likeness (QED) is 0.507. The molecule has 9 heavy (non-hydrogen) atoms. The van der Waals surface area contributed by atoms with Gasteiger partial charge in [-0.3, -0.25) is 0 Å². The van der Waals surface area contributed by atoms with Crippen molar-refractivity contribution in [2.75, 3.05) is 12.4 Å². The molecule has 1 N–H and O–H groups in total. The van der Waals surface area contributed by atoms with Gasteiger partial charge >= 0.3 is 0 Å². The molecule has 1 fully saturated rings. The predicted molar refractivity (Wildman–Crippen MR) is 40.3 cm³/mol. The summed E-state index contributed by atoms with van der Waals surface area (Å²) in [5.41, 5.74) is 0. The summed E-state index contributed by atoms with van der Waals surface area (Å²) in [6.45, 7) is 0.0110. The summed E-state index contributed by atoms with van der Waals surface area (Å²) in [6, 6.07) is 0. The highest BCUT2D eigenvalue weighted by atomic mass is 32.2. The monoisotopic (exact) mass is 142 g/mol. The van der Waals surface area contributed by atoms with Crippen LogP contribution in [-0.2, 0) is 0 Å². The molecule has 1 aliphatic rings. The summed E-state index contributed by atoms with van der Waals surface area (Å²) >= 11 is 1.90. The van der Waals surface area contributed by atoms with Gasteiger partial charge < -0.3 is 5.11 Å². The first-order valence-corrected chi connectivity index (χ1v) is 4.19. The molecule has 2 heteroatoms. The number of rotatable bonds is 0. The van der Waals surface area contributed by atoms with Gasteiger partial charge in [0.05, 0.1) is 5.25 Å². The Bertz CT molecular complexity index is 128. The van der Waals surface area contributed by atoms with Crippen LogP contribution in [0, 0.1) is 11.8 Å². The van der Waals surface area contributed by atoms with Crippen LogP contribution in [0.1, 0.15) is 12.8 Å². The molecule has 1 nitrogen and oxygen atoms in total. The van der Waals surface area contributed by atoms with Gasteiger partial charge in [-0.15, -0.1) is 11.8 Å². The van der Waals surface area contributed by atoms with Crippen molar-refractivity contribution < 1.29 is 5.11 Å². The van der Waals surface area contributed by atoms with E-state index in [-0.39, 0.29) is 6.61 Å². The smallest absolute Gasteiger partial charge is 0.104 e. The van der Waals surface area contributed by atoms with Crippen LogP contribution in [0.2, 0.25) is 0 Å². The lowest BCUT2D eigenvalue weighted by atomic mass is 10.2. The highest BCUT2D eigenvalue weighted by Crippen LogP contribution is 2.24. The minimum atomic E-state index is 0.0110. The molecule has 1 heterocycles. The molecule has 0 aromatic heterocycles. The van der Waals surface area contributed by atoms with Gasteiger partial charge in [0, 0.05) is 0 Å². The fraction of sp³-hybridized carbons (Fsp3) is 0.714. The van der Waals surface area contributed by atoms with Crippen LogP contribution in [0.4, 0.5) is 0 Å². The van der Waals surface area contributed by atoms with Gasteiger partial charge in [0.25, 0.3) is 0 Å². The summed E-state index contributed by atoms with van der Waals surface area (Å²) in [6.07, 6.45) is 2.49. The van der Waals surface area contributed by atoms with Gasteiger partial charge in [-0.25, -0.2) is 0 Å². The third-order valence-electron chi connectivity index (χ3n) is 1.27. The maximum atomic E-state index is 8.34. The fourth-order valence-corrected chi connectivity index (χ4v) is 1.97. The summed E-state index contributed by atoms with van der Waals surface area (Å²) in [5.74, 6) is 6.91. The molecule has 0 aromatic rings. The van der Waals surface area contributed by atoms with E-state index >= 15 is 0 Å². The average molecular weight is 142 g/mol. The van der Waals surface area contributed by atoms with Gasteiger partial charge in [0.1, 0.15) is 6.61 Å². The highest BCUT2D eigenvalue weighted by Gasteiger charge is 2.11. The normalized spacial score (nSPS) is 25.2. The molecule has 1 saturated heterocycles. The van der Waals surface area contributed by atoms with Gasteiger partial charge in [-0.1, -0.05) is 11.8 Å². The Morgan fingerprint density at radius 1 is 1.67 bits per heavy atom. The molecule has 0 amide bonds. The van der Waals surface area contributed by atoms with E-state index in [0.29, 0.717) is 5.25 Å². The zero-order valence-electron chi connectivity index (χ0n) is 5.26. The standard InChI is InChI=1S/C7H10OS/c8-5-1-3-7-4-2-6-9-7/h7-8H,2,4-6H2. The zero-order valence-corrected chi connectivity index (χ0v) is 6.08. The number of aliphatic hydroxyl groups excluding tert-OH is 1. The fourth-order valence-electron chi connectivity index (χ4n) is 0.851. The number of thioether (sulfide) groups is 1. The van der Waals surface area contributed by atoms with Crippen molar-refractivity contribution >= 4 is 11.8 Å². The van der Waals surface area contributed by atoms with Gasteiger partial charge in [-0.05, 0) is 18.6 Å². The van der Waals surface area contributed by atoms with Crippen LogP contribution in [0.25, 0.3) is 0 Å². The predicted octanol–water partition coefficient (Wildman–Crippen LogP) is 0.878. The van der Waals surface area contributed by atoms with E-state index in [1.165, 1.54) is 18.6 Å². The first kappa shape index (κ1) is 6.98. The lowest BCUT2D eigenvalue weighted by Gasteiger charge is -1.92. The first-order valence-electron chi connectivity index (χ1n) is 3.14. The molecule has 0 bridgehead atoms. The van der Waals surface area contributed by atoms with Crippen molar-refractivity contribution in [3.05, 3.63) is 0 Å². The molecule has 0 spiro atoms. The van der Waals surface area contributed by atoms with Gasteiger partial charge in [0.15, 0.2) is 0 Å². The Morgan fingerprint density at radius 2 is 2.56 bits per heavy atom. The molecule has 50 valence electrons. The zero-order chi connectivity index (χ0) is 6.53. The SMILES string of the molecule is OCC#CC1CCCS1. The first-order chi connectivity index (χ1) is 4.43. The molecule has 0 saturated carbocycles. The van der Waals surface area contributed by atoms with Crippen LogP contribution < -0.4 is 0 Å². The van der Waals surface area contributed by atoms with Crippen LogP contribution in [0.3, 0.4) is 0 Å². The summed E-state index contributed by atoms with van der Waals surface area (Å²) in [4.78, 5) is 0. The molecule has 0 aliphatic carbocycles. The van der Waals surface area contributed by atoms with Gasteiger partial charge in [0.2, 0.25) is 0 Å². The summed E-state index contributed by atoms with van der Waals surface area (Å²) in [7, 11) is 0. The molecule has 1 atom stereocenters. The number of hydrogen-bond donors (Lipinski definition) is 1. The second-order valence-corrected chi connectivity index (χ2v) is 3.29. The second-order valence-electron chi connectivity index (χ2n) is 1.98. The van der Waals surface area contributed by atoms with Crippen LogP contribution >= 0.6 is 11.8 Å². The van der Waals surface area contributed by atoms with Crippen LogP contribution in [0.5, 0.6) is 0 Å². The van der Waals surface area contributed by atoms with E-state index in [9.17, 15) is 0 Å². The summed E-state index contributed by atoms with van der Waals surface area (Å²) in [5, 5.41) is 8.85. The maximum Gasteiger partial charge on any atom is 0.104 e. The minimum absolute atomic E-state index is 0.0110. The molecule has 1 unspecified atom stereocenters. The lowest BCUT2D eigenvalue weighted by molar-refractivity contribution is 0.350. The molecular formula is C7H10OS. The molecule has 1 rings (SSSR count). The van der Waals surface area contributed by atoms with Crippen LogP contribution in [0.15, 0.2) is 0 Å². The average Bonchev–Trinajstić information content (AvgIpc) is 2.34. The van der Waals surface area contributed by atoms with Crippen molar-refractivity contribution in [2.24, 2.45) is 0 Å². The molecular weight excluding hydrogens is 132 g/mol. The van der Waals surface area contributed by atoms with Crippen molar-refractivity contribution in [3.8, 4) is 11.8 Å². The largest absolute Gasteiger partial charge is 0.384 e. The number of hydrogen-bond acceptors (Lipinski definition) is 2. The van der Waals surface area contributed by atoms with E-state index < -0.39 is 0 Å². The van der Waals surface area contributed by atoms with Crippen LogP contribution in [-0.4, -0.2) is 22.7 Å².